The number of nitrogens with one attached hydrogen (secondary N) is 1. The summed E-state index contributed by atoms with van der Waals surface area (Å²) in [6.45, 7) is 4.02. The third-order valence-corrected chi connectivity index (χ3v) is 1.66. The molecule has 0 saturated heterocycles. The molecule has 5 heteroatoms. The van der Waals surface area contributed by atoms with Crippen LogP contribution in [-0.2, 0) is 0 Å². The van der Waals surface area contributed by atoms with E-state index in [0.29, 0.717) is 17.8 Å². The van der Waals surface area contributed by atoms with E-state index < -0.39 is 0 Å². The number of anilines is 1. The molecule has 0 aliphatic rings. The van der Waals surface area contributed by atoms with Crippen LogP contribution in [0.3, 0.4) is 0 Å². The van der Waals surface area contributed by atoms with Crippen molar-refractivity contribution in [2.45, 2.75) is 19.9 Å². The largest absolute Gasteiger partial charge is 0.406 e. The molecule has 0 spiro atoms. The number of hydrogen-bond acceptors (Lipinski definition) is 5. The molecule has 1 aromatic heterocycles. The van der Waals surface area contributed by atoms with Crippen molar-refractivity contribution in [2.24, 2.45) is 11.7 Å². The minimum atomic E-state index is -0.181. The standard InChI is InChI=1S/C7H14N4O/c1-4(2)5(8)6-10-11-7(9-3)12-6/h4-5H,8H2,1-3H3,(H,9,11)/t5-/m0/s1. The van der Waals surface area contributed by atoms with Gasteiger partial charge in [-0.3, -0.25) is 0 Å². The molecule has 1 aromatic rings. The Hall–Kier alpha value is -1.10. The van der Waals surface area contributed by atoms with Gasteiger partial charge in [0.15, 0.2) is 0 Å². The second-order valence-corrected chi connectivity index (χ2v) is 2.97. The Labute approximate surface area is 71.3 Å². The molecule has 0 fully saturated rings. The summed E-state index contributed by atoms with van der Waals surface area (Å²) in [7, 11) is 1.72. The topological polar surface area (TPSA) is 77.0 Å². The molecule has 0 saturated carbocycles. The van der Waals surface area contributed by atoms with Crippen molar-refractivity contribution >= 4 is 6.01 Å². The van der Waals surface area contributed by atoms with Gasteiger partial charge in [-0.25, -0.2) is 0 Å². The molecule has 3 N–H and O–H groups in total. The molecule has 0 aliphatic carbocycles. The number of nitrogens with zero attached hydrogens (tertiary/aromatic N) is 2. The van der Waals surface area contributed by atoms with Crippen LogP contribution in [0.2, 0.25) is 0 Å². The van der Waals surface area contributed by atoms with Gasteiger partial charge in [-0.2, -0.15) is 0 Å². The minimum absolute atomic E-state index is 0.181. The van der Waals surface area contributed by atoms with Crippen molar-refractivity contribution in [2.75, 3.05) is 12.4 Å². The molecule has 1 atom stereocenters. The van der Waals surface area contributed by atoms with E-state index in [1.54, 1.807) is 7.05 Å². The lowest BCUT2D eigenvalue weighted by atomic mass is 10.1. The van der Waals surface area contributed by atoms with Gasteiger partial charge >= 0.3 is 6.01 Å². The first-order valence-electron chi connectivity index (χ1n) is 3.92. The monoisotopic (exact) mass is 170 g/mol. The molecule has 0 aliphatic heterocycles. The molecule has 5 nitrogen and oxygen atoms in total. The number of hydrogen-bond donors (Lipinski definition) is 2. The quantitative estimate of drug-likeness (QED) is 0.700. The summed E-state index contributed by atoms with van der Waals surface area (Å²) >= 11 is 0. The van der Waals surface area contributed by atoms with E-state index in [1.165, 1.54) is 0 Å². The molecular weight excluding hydrogens is 156 g/mol. The average molecular weight is 170 g/mol. The van der Waals surface area contributed by atoms with Gasteiger partial charge in [-0.1, -0.05) is 18.9 Å². The maximum absolute atomic E-state index is 5.78. The lowest BCUT2D eigenvalue weighted by molar-refractivity contribution is 0.394. The molecule has 68 valence electrons. The Kier molecular flexibility index (Phi) is 2.65. The van der Waals surface area contributed by atoms with Crippen LogP contribution in [-0.4, -0.2) is 17.2 Å². The first-order chi connectivity index (χ1) is 5.65. The fourth-order valence-corrected chi connectivity index (χ4v) is 0.755. The molecule has 12 heavy (non-hydrogen) atoms. The van der Waals surface area contributed by atoms with Gasteiger partial charge in [0, 0.05) is 7.05 Å². The van der Waals surface area contributed by atoms with Crippen molar-refractivity contribution in [3.05, 3.63) is 5.89 Å². The van der Waals surface area contributed by atoms with Gasteiger partial charge in [-0.05, 0) is 5.92 Å². The highest BCUT2D eigenvalue weighted by Gasteiger charge is 2.16. The molecule has 1 rings (SSSR count). The Balaban J connectivity index is 2.74. The predicted molar refractivity (Wildman–Crippen MR) is 45.6 cm³/mol. The molecular formula is C7H14N4O. The lowest BCUT2D eigenvalue weighted by Gasteiger charge is -2.09. The van der Waals surface area contributed by atoms with Crippen molar-refractivity contribution in [3.63, 3.8) is 0 Å². The van der Waals surface area contributed by atoms with Crippen LogP contribution < -0.4 is 11.1 Å². The van der Waals surface area contributed by atoms with Crippen LogP contribution in [0.5, 0.6) is 0 Å². The van der Waals surface area contributed by atoms with Crippen molar-refractivity contribution in [1.82, 2.24) is 10.2 Å². The Morgan fingerprint density at radius 3 is 2.50 bits per heavy atom. The zero-order valence-corrected chi connectivity index (χ0v) is 7.53. The second kappa shape index (κ2) is 3.53. The number of rotatable bonds is 3. The highest BCUT2D eigenvalue weighted by atomic mass is 16.4. The van der Waals surface area contributed by atoms with Crippen LogP contribution >= 0.6 is 0 Å². The molecule has 0 aromatic carbocycles. The van der Waals surface area contributed by atoms with Crippen LogP contribution in [0.15, 0.2) is 4.42 Å². The first-order valence-corrected chi connectivity index (χ1v) is 3.92. The SMILES string of the molecule is CNc1nnc([C@@H](N)C(C)C)o1. The van der Waals surface area contributed by atoms with Crippen LogP contribution in [0.4, 0.5) is 6.01 Å². The number of nitrogens with two attached hydrogens (primary N) is 1. The first kappa shape index (κ1) is 8.99. The van der Waals surface area contributed by atoms with Crippen LogP contribution in [0, 0.1) is 5.92 Å². The van der Waals surface area contributed by atoms with Crippen molar-refractivity contribution in [1.29, 1.82) is 0 Å². The van der Waals surface area contributed by atoms with Crippen molar-refractivity contribution < 1.29 is 4.42 Å². The highest BCUT2D eigenvalue weighted by Crippen LogP contribution is 2.18. The van der Waals surface area contributed by atoms with Gasteiger partial charge in [0.2, 0.25) is 5.89 Å². The maximum atomic E-state index is 5.78. The minimum Gasteiger partial charge on any atom is -0.406 e. The average Bonchev–Trinajstić information content (AvgIpc) is 2.50. The third-order valence-electron chi connectivity index (χ3n) is 1.66. The van der Waals surface area contributed by atoms with Crippen LogP contribution in [0.1, 0.15) is 25.8 Å². The summed E-state index contributed by atoms with van der Waals surface area (Å²) in [5, 5.41) is 10.3. The van der Waals surface area contributed by atoms with Gasteiger partial charge in [0.1, 0.15) is 0 Å². The maximum Gasteiger partial charge on any atom is 0.315 e. The van der Waals surface area contributed by atoms with Gasteiger partial charge < -0.3 is 15.5 Å². The van der Waals surface area contributed by atoms with Crippen LogP contribution in [0.25, 0.3) is 0 Å². The van der Waals surface area contributed by atoms with Gasteiger partial charge in [-0.15, -0.1) is 5.10 Å². The summed E-state index contributed by atoms with van der Waals surface area (Å²) in [5.41, 5.74) is 5.78. The van der Waals surface area contributed by atoms with E-state index in [1.807, 2.05) is 13.8 Å². The lowest BCUT2D eigenvalue weighted by Crippen LogP contribution is -2.16. The summed E-state index contributed by atoms with van der Waals surface area (Å²) in [6, 6.07) is 0.223. The summed E-state index contributed by atoms with van der Waals surface area (Å²) in [6.07, 6.45) is 0. The van der Waals surface area contributed by atoms with E-state index in [0.717, 1.165) is 0 Å². The molecule has 1 heterocycles. The predicted octanol–water partition coefficient (Wildman–Crippen LogP) is 0.767. The Morgan fingerprint density at radius 1 is 1.42 bits per heavy atom. The fourth-order valence-electron chi connectivity index (χ4n) is 0.755. The highest BCUT2D eigenvalue weighted by molar-refractivity contribution is 5.15. The fraction of sp³-hybridized carbons (Fsp3) is 0.714. The second-order valence-electron chi connectivity index (χ2n) is 2.97. The van der Waals surface area contributed by atoms with Gasteiger partial charge in [0.05, 0.1) is 6.04 Å². The normalized spacial score (nSPS) is 13.4. The molecule has 0 unspecified atom stereocenters. The third kappa shape index (κ3) is 1.73. The Morgan fingerprint density at radius 2 is 2.08 bits per heavy atom. The van der Waals surface area contributed by atoms with Gasteiger partial charge in [0.25, 0.3) is 0 Å². The van der Waals surface area contributed by atoms with E-state index in [4.69, 9.17) is 10.2 Å². The van der Waals surface area contributed by atoms with E-state index in [9.17, 15) is 0 Å². The van der Waals surface area contributed by atoms with E-state index >= 15 is 0 Å². The number of aromatic nitrogens is 2. The molecule has 0 bridgehead atoms. The smallest absolute Gasteiger partial charge is 0.315 e. The summed E-state index contributed by atoms with van der Waals surface area (Å²) in [5.74, 6) is 0.782. The zero-order chi connectivity index (χ0) is 9.14. The summed E-state index contributed by atoms with van der Waals surface area (Å²) < 4.78 is 5.20. The molecule has 0 amide bonds. The summed E-state index contributed by atoms with van der Waals surface area (Å²) in [4.78, 5) is 0. The Bertz CT molecular complexity index is 245. The van der Waals surface area contributed by atoms with E-state index in [-0.39, 0.29) is 6.04 Å². The molecule has 0 radical (unpaired) electrons. The van der Waals surface area contributed by atoms with E-state index in [2.05, 4.69) is 15.5 Å². The van der Waals surface area contributed by atoms with Crippen molar-refractivity contribution in [3.8, 4) is 0 Å². The zero-order valence-electron chi connectivity index (χ0n) is 7.53.